The number of carbonyl (C=O) groups is 1. The minimum atomic E-state index is -0.558. The second-order valence-electron chi connectivity index (χ2n) is 4.79. The Morgan fingerprint density at radius 2 is 1.95 bits per heavy atom. The minimum absolute atomic E-state index is 0. The van der Waals surface area contributed by atoms with Crippen LogP contribution in [0.1, 0.15) is 20.8 Å². The lowest BCUT2D eigenvalue weighted by molar-refractivity contribution is -0.128. The molecule has 1 aromatic carbocycles. The van der Waals surface area contributed by atoms with Crippen molar-refractivity contribution in [2.24, 2.45) is 5.73 Å². The molecule has 0 bridgehead atoms. The van der Waals surface area contributed by atoms with Crippen molar-refractivity contribution in [3.05, 3.63) is 28.7 Å². The van der Waals surface area contributed by atoms with Crippen LogP contribution in [0.5, 0.6) is 5.75 Å². The molecule has 1 rings (SSSR count). The Balaban J connectivity index is 0.00000324. The maximum atomic E-state index is 11.9. The first-order valence-electron chi connectivity index (χ1n) is 5.78. The molecule has 0 aliphatic heterocycles. The molecule has 0 saturated heterocycles. The third kappa shape index (κ3) is 6.27. The van der Waals surface area contributed by atoms with E-state index in [0.29, 0.717) is 12.3 Å². The first-order valence-corrected chi connectivity index (χ1v) is 6.58. The van der Waals surface area contributed by atoms with E-state index in [2.05, 4.69) is 21.2 Å². The molecular weight excluding hydrogens is 332 g/mol. The third-order valence-electron chi connectivity index (χ3n) is 2.47. The van der Waals surface area contributed by atoms with Crippen molar-refractivity contribution in [3.8, 4) is 5.75 Å². The van der Waals surface area contributed by atoms with Crippen LogP contribution in [0, 0.1) is 0 Å². The summed E-state index contributed by atoms with van der Waals surface area (Å²) >= 11 is 3.34. The monoisotopic (exact) mass is 350 g/mol. The van der Waals surface area contributed by atoms with Gasteiger partial charge >= 0.3 is 0 Å². The van der Waals surface area contributed by atoms with Gasteiger partial charge in [-0.05, 0) is 45.0 Å². The van der Waals surface area contributed by atoms with E-state index in [1.807, 2.05) is 38.1 Å². The van der Waals surface area contributed by atoms with Gasteiger partial charge in [-0.15, -0.1) is 12.4 Å². The number of benzene rings is 1. The Morgan fingerprint density at radius 1 is 1.42 bits per heavy atom. The molecule has 6 heteroatoms. The highest BCUT2D eigenvalue weighted by Gasteiger charge is 2.23. The number of halogens is 2. The molecule has 1 atom stereocenters. The molecule has 0 aliphatic carbocycles. The van der Waals surface area contributed by atoms with E-state index in [4.69, 9.17) is 10.5 Å². The van der Waals surface area contributed by atoms with E-state index >= 15 is 0 Å². The lowest BCUT2D eigenvalue weighted by Crippen LogP contribution is -2.52. The molecule has 0 aliphatic rings. The van der Waals surface area contributed by atoms with E-state index in [1.54, 1.807) is 6.92 Å². The van der Waals surface area contributed by atoms with Crippen molar-refractivity contribution in [2.45, 2.75) is 32.4 Å². The average molecular weight is 352 g/mol. The summed E-state index contributed by atoms with van der Waals surface area (Å²) in [7, 11) is 0. The number of carbonyl (C=O) groups excluding carboxylic acids is 1. The highest BCUT2D eigenvalue weighted by Crippen LogP contribution is 2.17. The van der Waals surface area contributed by atoms with Crippen LogP contribution in [-0.4, -0.2) is 24.1 Å². The molecule has 0 saturated carbocycles. The molecule has 4 nitrogen and oxygen atoms in total. The maximum absolute atomic E-state index is 11.9. The van der Waals surface area contributed by atoms with Crippen molar-refractivity contribution in [3.63, 3.8) is 0 Å². The molecule has 3 N–H and O–H groups in total. The second kappa shape index (κ2) is 7.72. The van der Waals surface area contributed by atoms with Gasteiger partial charge < -0.3 is 15.8 Å². The maximum Gasteiger partial charge on any atom is 0.261 e. The quantitative estimate of drug-likeness (QED) is 0.856. The van der Waals surface area contributed by atoms with E-state index in [0.717, 1.165) is 4.47 Å². The SMILES string of the molecule is CC(Oc1ccc(Br)cc1)C(=O)NC(C)(C)CN.Cl. The van der Waals surface area contributed by atoms with Crippen LogP contribution in [-0.2, 0) is 4.79 Å². The van der Waals surface area contributed by atoms with Gasteiger partial charge in [-0.3, -0.25) is 4.79 Å². The molecule has 0 aromatic heterocycles. The Bertz CT molecular complexity index is 410. The minimum Gasteiger partial charge on any atom is -0.481 e. The van der Waals surface area contributed by atoms with Gasteiger partial charge in [0.2, 0.25) is 0 Å². The van der Waals surface area contributed by atoms with E-state index in [1.165, 1.54) is 0 Å². The summed E-state index contributed by atoms with van der Waals surface area (Å²) in [5.74, 6) is 0.486. The molecule has 1 amide bonds. The summed E-state index contributed by atoms with van der Waals surface area (Å²) in [5.41, 5.74) is 5.14. The molecule has 0 spiro atoms. The van der Waals surface area contributed by atoms with Gasteiger partial charge in [-0.25, -0.2) is 0 Å². The summed E-state index contributed by atoms with van der Waals surface area (Å²) in [6.45, 7) is 5.84. The topological polar surface area (TPSA) is 64.3 Å². The largest absolute Gasteiger partial charge is 0.481 e. The summed E-state index contributed by atoms with van der Waals surface area (Å²) in [6, 6.07) is 7.34. The number of nitrogens with two attached hydrogens (primary N) is 1. The van der Waals surface area contributed by atoms with Gasteiger partial charge in [0.1, 0.15) is 5.75 Å². The number of hydrogen-bond donors (Lipinski definition) is 2. The molecule has 1 unspecified atom stereocenters. The molecular formula is C13H20BrClN2O2. The summed E-state index contributed by atoms with van der Waals surface area (Å²) in [4.78, 5) is 11.9. The fourth-order valence-corrected chi connectivity index (χ4v) is 1.52. The fourth-order valence-electron chi connectivity index (χ4n) is 1.26. The molecule has 0 heterocycles. The zero-order valence-corrected chi connectivity index (χ0v) is 13.7. The van der Waals surface area contributed by atoms with Crippen LogP contribution in [0.2, 0.25) is 0 Å². The van der Waals surface area contributed by atoms with Gasteiger partial charge in [-0.1, -0.05) is 15.9 Å². The Morgan fingerprint density at radius 3 is 2.42 bits per heavy atom. The molecule has 19 heavy (non-hydrogen) atoms. The predicted octanol–water partition coefficient (Wildman–Crippen LogP) is 2.49. The van der Waals surface area contributed by atoms with Crippen LogP contribution >= 0.6 is 28.3 Å². The summed E-state index contributed by atoms with van der Waals surface area (Å²) in [5, 5.41) is 2.84. The highest BCUT2D eigenvalue weighted by atomic mass is 79.9. The van der Waals surface area contributed by atoms with Gasteiger partial charge in [0, 0.05) is 16.6 Å². The van der Waals surface area contributed by atoms with Crippen LogP contribution < -0.4 is 15.8 Å². The average Bonchev–Trinajstić information content (AvgIpc) is 2.31. The molecule has 0 radical (unpaired) electrons. The smallest absolute Gasteiger partial charge is 0.261 e. The van der Waals surface area contributed by atoms with Gasteiger partial charge in [0.05, 0.1) is 0 Å². The standard InChI is InChI=1S/C13H19BrN2O2.ClH/c1-9(12(17)16-13(2,3)8-15)18-11-6-4-10(14)5-7-11;/h4-7,9H,8,15H2,1-3H3,(H,16,17);1H. The molecule has 1 aromatic rings. The van der Waals surface area contributed by atoms with E-state index < -0.39 is 11.6 Å². The number of rotatable bonds is 5. The van der Waals surface area contributed by atoms with Gasteiger partial charge in [0.25, 0.3) is 5.91 Å². The Kier molecular flexibility index (Phi) is 7.41. The van der Waals surface area contributed by atoms with Crippen molar-refractivity contribution < 1.29 is 9.53 Å². The van der Waals surface area contributed by atoms with Gasteiger partial charge in [-0.2, -0.15) is 0 Å². The van der Waals surface area contributed by atoms with Crippen molar-refractivity contribution in [2.75, 3.05) is 6.54 Å². The molecule has 0 fully saturated rings. The van der Waals surface area contributed by atoms with Crippen LogP contribution in [0.25, 0.3) is 0 Å². The second-order valence-corrected chi connectivity index (χ2v) is 5.71. The summed E-state index contributed by atoms with van der Waals surface area (Å²) < 4.78 is 6.52. The normalized spacial score (nSPS) is 12.3. The molecule has 108 valence electrons. The third-order valence-corrected chi connectivity index (χ3v) is 3.00. The van der Waals surface area contributed by atoms with Gasteiger partial charge in [0.15, 0.2) is 6.10 Å². The van der Waals surface area contributed by atoms with Crippen molar-refractivity contribution in [1.29, 1.82) is 0 Å². The number of ether oxygens (including phenoxy) is 1. The number of hydrogen-bond acceptors (Lipinski definition) is 3. The lowest BCUT2D eigenvalue weighted by atomic mass is 10.1. The van der Waals surface area contributed by atoms with E-state index in [9.17, 15) is 4.79 Å². The van der Waals surface area contributed by atoms with Crippen LogP contribution in [0.15, 0.2) is 28.7 Å². The van der Waals surface area contributed by atoms with Crippen LogP contribution in [0.4, 0.5) is 0 Å². The van der Waals surface area contributed by atoms with Crippen molar-refractivity contribution in [1.82, 2.24) is 5.32 Å². The predicted molar refractivity (Wildman–Crippen MR) is 82.8 cm³/mol. The Hall–Kier alpha value is -0.780. The number of amides is 1. The van der Waals surface area contributed by atoms with E-state index in [-0.39, 0.29) is 18.3 Å². The Labute approximate surface area is 128 Å². The lowest BCUT2D eigenvalue weighted by Gasteiger charge is -2.26. The number of nitrogens with one attached hydrogen (secondary N) is 1. The first-order chi connectivity index (χ1) is 8.34. The fraction of sp³-hybridized carbons (Fsp3) is 0.462. The van der Waals surface area contributed by atoms with Crippen molar-refractivity contribution >= 4 is 34.2 Å². The summed E-state index contributed by atoms with van der Waals surface area (Å²) in [6.07, 6.45) is -0.558. The highest BCUT2D eigenvalue weighted by molar-refractivity contribution is 9.10. The zero-order chi connectivity index (χ0) is 13.8. The first kappa shape index (κ1) is 18.2. The zero-order valence-electron chi connectivity index (χ0n) is 11.3. The van der Waals surface area contributed by atoms with Crippen LogP contribution in [0.3, 0.4) is 0 Å².